The summed E-state index contributed by atoms with van der Waals surface area (Å²) in [5.74, 6) is 1.33. The van der Waals surface area contributed by atoms with Crippen molar-refractivity contribution in [2.45, 2.75) is 97.8 Å². The van der Waals surface area contributed by atoms with Crippen LogP contribution in [-0.4, -0.2) is 30.8 Å². The van der Waals surface area contributed by atoms with Crippen LogP contribution in [0.5, 0.6) is 23.0 Å². The number of methoxy groups -OCH3 is 1. The quantitative estimate of drug-likeness (QED) is 0.0679. The van der Waals surface area contributed by atoms with Crippen LogP contribution >= 0.6 is 0 Å². The van der Waals surface area contributed by atoms with Gasteiger partial charge >= 0.3 is 17.9 Å². The highest BCUT2D eigenvalue weighted by Crippen LogP contribution is 2.55. The fourth-order valence-electron chi connectivity index (χ4n) is 11.9. The normalized spacial score (nSPS) is 21.8. The van der Waals surface area contributed by atoms with E-state index in [-0.39, 0.29) is 27.4 Å². The zero-order chi connectivity index (χ0) is 48.4. The standard InChI is InChI=1S/C60H62O8/c1-39-33-57(4,5)37-59(35-39,46-16-24-50(65-8)25-17-46)47-18-26-51(27-19-47)66-54(62)42-12-14-43(15-13-42)55(63)67-52-28-20-48(21-29-52)60(36-40(2)34-58(6,7)38-60)49-22-30-53(31-23-49)68-56(64)45-11-9-10-44(32-45)41(3)61/h9-32,39-40H,33-38H2,1-8H3. The van der Waals surface area contributed by atoms with Crippen molar-refractivity contribution in [3.05, 3.63) is 190 Å². The molecule has 8 rings (SSSR count). The number of Topliss-reactive ketones (excluding diaryl/α,β-unsaturated/α-hetero) is 1. The monoisotopic (exact) mass is 910 g/mol. The van der Waals surface area contributed by atoms with E-state index in [1.807, 2.05) is 72.8 Å². The minimum Gasteiger partial charge on any atom is -0.497 e. The fraction of sp³-hybridized carbons (Fsp3) is 0.333. The molecule has 2 saturated carbocycles. The number of ketones is 1. The Kier molecular flexibility index (Phi) is 13.4. The number of ether oxygens (including phenoxy) is 4. The molecule has 68 heavy (non-hydrogen) atoms. The zero-order valence-electron chi connectivity index (χ0n) is 40.5. The number of benzene rings is 6. The zero-order valence-corrected chi connectivity index (χ0v) is 40.5. The lowest BCUT2D eigenvalue weighted by molar-refractivity contribution is 0.0720. The Balaban J connectivity index is 0.933. The molecule has 0 saturated heterocycles. The van der Waals surface area contributed by atoms with Crippen LogP contribution < -0.4 is 18.9 Å². The first kappa shape index (κ1) is 47.7. The predicted octanol–water partition coefficient (Wildman–Crippen LogP) is 13.8. The maximum absolute atomic E-state index is 13.4. The van der Waals surface area contributed by atoms with Crippen LogP contribution in [-0.2, 0) is 10.8 Å². The van der Waals surface area contributed by atoms with Crippen LogP contribution in [0.2, 0.25) is 0 Å². The summed E-state index contributed by atoms with van der Waals surface area (Å²) < 4.78 is 22.9. The van der Waals surface area contributed by atoms with Crippen molar-refractivity contribution in [1.29, 1.82) is 0 Å². The summed E-state index contributed by atoms with van der Waals surface area (Å²) in [6.07, 6.45) is 6.07. The van der Waals surface area contributed by atoms with Gasteiger partial charge in [0.25, 0.3) is 0 Å². The molecular weight excluding hydrogens is 849 g/mol. The first-order valence-corrected chi connectivity index (χ1v) is 23.7. The van der Waals surface area contributed by atoms with E-state index in [2.05, 4.69) is 65.8 Å². The van der Waals surface area contributed by atoms with Crippen LogP contribution in [0.3, 0.4) is 0 Å². The smallest absolute Gasteiger partial charge is 0.343 e. The maximum atomic E-state index is 13.4. The highest BCUT2D eigenvalue weighted by atomic mass is 16.5. The van der Waals surface area contributed by atoms with Gasteiger partial charge in [-0.3, -0.25) is 4.79 Å². The van der Waals surface area contributed by atoms with E-state index in [4.69, 9.17) is 18.9 Å². The van der Waals surface area contributed by atoms with Crippen molar-refractivity contribution in [2.75, 3.05) is 7.11 Å². The molecule has 0 heterocycles. The molecule has 0 bridgehead atoms. The van der Waals surface area contributed by atoms with Gasteiger partial charge in [-0.1, -0.05) is 102 Å². The summed E-state index contributed by atoms with van der Waals surface area (Å²) in [4.78, 5) is 51.7. The number of carbonyl (C=O) groups excluding carboxylic acids is 4. The maximum Gasteiger partial charge on any atom is 0.343 e. The SMILES string of the molecule is COc1ccc(C2(c3ccc(OC(=O)c4ccc(C(=O)Oc5ccc(C6(c7ccc(OC(=O)c8cccc(C(C)=O)c8)cc7)CC(C)CC(C)(C)C6)cc5)cc4)cc3)CC(C)CC(C)(C)C2)cc1. The average molecular weight is 911 g/mol. The van der Waals surface area contributed by atoms with Crippen molar-refractivity contribution >= 4 is 23.7 Å². The lowest BCUT2D eigenvalue weighted by atomic mass is 9.55. The molecule has 8 nitrogen and oxygen atoms in total. The Labute approximate surface area is 401 Å². The molecular formula is C60H62O8. The predicted molar refractivity (Wildman–Crippen MR) is 265 cm³/mol. The van der Waals surface area contributed by atoms with Gasteiger partial charge in [-0.05, 0) is 175 Å². The van der Waals surface area contributed by atoms with Crippen LogP contribution in [0.25, 0.3) is 0 Å². The molecule has 6 aromatic rings. The molecule has 0 spiro atoms. The molecule has 0 radical (unpaired) electrons. The first-order chi connectivity index (χ1) is 32.4. The Morgan fingerprint density at radius 1 is 0.426 bits per heavy atom. The van der Waals surface area contributed by atoms with Crippen LogP contribution in [0.4, 0.5) is 0 Å². The summed E-state index contributed by atoms with van der Waals surface area (Å²) in [5.41, 5.74) is 5.67. The van der Waals surface area contributed by atoms with Gasteiger partial charge in [-0.25, -0.2) is 14.4 Å². The summed E-state index contributed by atoms with van der Waals surface area (Å²) in [6.45, 7) is 15.4. The van der Waals surface area contributed by atoms with Gasteiger partial charge in [0.2, 0.25) is 0 Å². The van der Waals surface area contributed by atoms with Gasteiger partial charge in [0.15, 0.2) is 5.78 Å². The van der Waals surface area contributed by atoms with Crippen molar-refractivity contribution in [1.82, 2.24) is 0 Å². The molecule has 0 aliphatic heterocycles. The molecule has 0 aromatic heterocycles. The Morgan fingerprint density at radius 3 is 1.07 bits per heavy atom. The highest BCUT2D eigenvalue weighted by molar-refractivity contribution is 5.98. The van der Waals surface area contributed by atoms with Gasteiger partial charge in [0, 0.05) is 16.4 Å². The van der Waals surface area contributed by atoms with Crippen molar-refractivity contribution in [2.24, 2.45) is 22.7 Å². The number of esters is 3. The van der Waals surface area contributed by atoms with Crippen molar-refractivity contribution < 1.29 is 38.1 Å². The molecule has 2 fully saturated rings. The molecule has 0 amide bonds. The van der Waals surface area contributed by atoms with Crippen LogP contribution in [0.15, 0.2) is 146 Å². The average Bonchev–Trinajstić information content (AvgIpc) is 3.31. The topological polar surface area (TPSA) is 105 Å². The molecule has 4 unspecified atom stereocenters. The van der Waals surface area contributed by atoms with Gasteiger partial charge in [-0.15, -0.1) is 0 Å². The van der Waals surface area contributed by atoms with E-state index in [1.165, 1.54) is 18.1 Å². The summed E-state index contributed by atoms with van der Waals surface area (Å²) in [7, 11) is 1.68. The molecule has 0 N–H and O–H groups in total. The molecule has 8 heteroatoms. The second-order valence-corrected chi connectivity index (χ2v) is 21.1. The number of rotatable bonds is 12. The van der Waals surface area contributed by atoms with Crippen molar-refractivity contribution in [3.63, 3.8) is 0 Å². The lowest BCUT2D eigenvalue weighted by Gasteiger charge is -2.48. The van der Waals surface area contributed by atoms with Crippen molar-refractivity contribution in [3.8, 4) is 23.0 Å². The summed E-state index contributed by atoms with van der Waals surface area (Å²) >= 11 is 0. The van der Waals surface area contributed by atoms with Gasteiger partial charge in [0.1, 0.15) is 23.0 Å². The first-order valence-electron chi connectivity index (χ1n) is 23.7. The Morgan fingerprint density at radius 2 is 0.750 bits per heavy atom. The van der Waals surface area contributed by atoms with E-state index < -0.39 is 17.9 Å². The van der Waals surface area contributed by atoms with E-state index >= 15 is 0 Å². The third-order valence-electron chi connectivity index (χ3n) is 14.1. The van der Waals surface area contributed by atoms with Gasteiger partial charge in [0.05, 0.1) is 23.8 Å². The molecule has 4 atom stereocenters. The van der Waals surface area contributed by atoms with Gasteiger partial charge < -0.3 is 18.9 Å². The number of hydrogen-bond acceptors (Lipinski definition) is 8. The molecule has 6 aromatic carbocycles. The molecule has 2 aliphatic rings. The summed E-state index contributed by atoms with van der Waals surface area (Å²) in [6, 6.07) is 44.6. The van der Waals surface area contributed by atoms with E-state index in [1.54, 1.807) is 55.6 Å². The second kappa shape index (κ2) is 19.1. The van der Waals surface area contributed by atoms with E-state index in [0.29, 0.717) is 51.3 Å². The molecule has 2 aliphatic carbocycles. The van der Waals surface area contributed by atoms with Crippen LogP contribution in [0, 0.1) is 22.7 Å². The van der Waals surface area contributed by atoms with Gasteiger partial charge in [-0.2, -0.15) is 0 Å². The largest absolute Gasteiger partial charge is 0.497 e. The minimum absolute atomic E-state index is 0.0474. The number of carbonyl (C=O) groups is 4. The lowest BCUT2D eigenvalue weighted by Crippen LogP contribution is -2.41. The highest BCUT2D eigenvalue weighted by Gasteiger charge is 2.46. The van der Waals surface area contributed by atoms with E-state index in [9.17, 15) is 19.2 Å². The Hall–Kier alpha value is -6.80. The fourth-order valence-corrected chi connectivity index (χ4v) is 11.9. The Bertz CT molecular complexity index is 2790. The molecule has 350 valence electrons. The number of hydrogen-bond donors (Lipinski definition) is 0. The summed E-state index contributed by atoms with van der Waals surface area (Å²) in [5, 5.41) is 0. The third-order valence-corrected chi connectivity index (χ3v) is 14.1. The van der Waals surface area contributed by atoms with Crippen LogP contribution in [0.1, 0.15) is 151 Å². The second-order valence-electron chi connectivity index (χ2n) is 21.1. The third kappa shape index (κ3) is 10.3. The van der Waals surface area contributed by atoms with E-state index in [0.717, 1.165) is 55.4 Å². The minimum atomic E-state index is -0.542.